The predicted molar refractivity (Wildman–Crippen MR) is 63.4 cm³/mol. The molecule has 1 fully saturated rings. The van der Waals surface area contributed by atoms with Crippen LogP contribution in [0.3, 0.4) is 0 Å². The van der Waals surface area contributed by atoms with Crippen LogP contribution in [0.25, 0.3) is 0 Å². The van der Waals surface area contributed by atoms with Crippen molar-refractivity contribution >= 4 is 5.82 Å². The molecule has 18 heavy (non-hydrogen) atoms. The van der Waals surface area contributed by atoms with Crippen molar-refractivity contribution in [1.29, 1.82) is 0 Å². The molecule has 1 aromatic heterocycles. The molecular weight excluding hydrogens is 243 g/mol. The van der Waals surface area contributed by atoms with Crippen molar-refractivity contribution in [2.24, 2.45) is 5.73 Å². The van der Waals surface area contributed by atoms with Crippen LogP contribution in [0.2, 0.25) is 0 Å². The van der Waals surface area contributed by atoms with Crippen LogP contribution < -0.4 is 10.6 Å². The van der Waals surface area contributed by atoms with Crippen LogP contribution in [0.15, 0.2) is 12.3 Å². The zero-order valence-corrected chi connectivity index (χ0v) is 10.2. The van der Waals surface area contributed by atoms with Crippen LogP contribution in [0.1, 0.15) is 24.0 Å². The lowest BCUT2D eigenvalue weighted by Crippen LogP contribution is -2.40. The number of aromatic nitrogens is 1. The maximum Gasteiger partial charge on any atom is 0.417 e. The molecule has 1 saturated heterocycles. The van der Waals surface area contributed by atoms with Gasteiger partial charge < -0.3 is 10.6 Å². The number of nitrogens with zero attached hydrogens (tertiary/aromatic N) is 2. The van der Waals surface area contributed by atoms with Gasteiger partial charge in [-0.05, 0) is 31.4 Å². The summed E-state index contributed by atoms with van der Waals surface area (Å²) in [5.41, 5.74) is 5.66. The summed E-state index contributed by atoms with van der Waals surface area (Å²) in [6.07, 6.45) is -1.73. The monoisotopic (exact) mass is 259 g/mol. The van der Waals surface area contributed by atoms with Gasteiger partial charge in [-0.3, -0.25) is 0 Å². The third kappa shape index (κ3) is 2.75. The maximum absolute atomic E-state index is 12.5. The molecule has 0 spiro atoms. The summed E-state index contributed by atoms with van der Waals surface area (Å²) in [6.45, 7) is 3.16. The summed E-state index contributed by atoms with van der Waals surface area (Å²) in [4.78, 5) is 5.96. The average Bonchev–Trinajstić information content (AvgIpc) is 2.29. The molecule has 2 heterocycles. The number of pyridine rings is 1. The summed E-state index contributed by atoms with van der Waals surface area (Å²) in [5.74, 6) is 0.634. The van der Waals surface area contributed by atoms with Gasteiger partial charge in [-0.25, -0.2) is 4.98 Å². The molecule has 2 N–H and O–H groups in total. The third-order valence-electron chi connectivity index (χ3n) is 3.22. The molecule has 1 aliphatic heterocycles. The van der Waals surface area contributed by atoms with E-state index in [0.717, 1.165) is 38.2 Å². The second-order valence-corrected chi connectivity index (χ2v) is 4.69. The zero-order chi connectivity index (χ0) is 13.3. The van der Waals surface area contributed by atoms with Crippen LogP contribution in [0.5, 0.6) is 0 Å². The molecule has 0 atom stereocenters. The van der Waals surface area contributed by atoms with Gasteiger partial charge in [0.05, 0.1) is 5.56 Å². The van der Waals surface area contributed by atoms with E-state index in [-0.39, 0.29) is 6.04 Å². The van der Waals surface area contributed by atoms with E-state index in [2.05, 4.69) is 4.98 Å². The van der Waals surface area contributed by atoms with E-state index >= 15 is 0 Å². The predicted octanol–water partition coefficient (Wildman–Crippen LogP) is 2.34. The Morgan fingerprint density at radius 1 is 1.33 bits per heavy atom. The van der Waals surface area contributed by atoms with E-state index in [1.165, 1.54) is 0 Å². The number of aryl methyl sites for hydroxylation is 1. The second kappa shape index (κ2) is 4.76. The van der Waals surface area contributed by atoms with Gasteiger partial charge in [-0.2, -0.15) is 13.2 Å². The SMILES string of the molecule is Cc1cc(C(F)(F)F)cnc1N1CCC(N)CC1. The lowest BCUT2D eigenvalue weighted by atomic mass is 10.1. The smallest absolute Gasteiger partial charge is 0.356 e. The van der Waals surface area contributed by atoms with Crippen molar-refractivity contribution in [1.82, 2.24) is 4.98 Å². The minimum atomic E-state index is -4.33. The van der Waals surface area contributed by atoms with Crippen molar-refractivity contribution in [3.63, 3.8) is 0 Å². The molecule has 0 aromatic carbocycles. The molecule has 6 heteroatoms. The van der Waals surface area contributed by atoms with Crippen LogP contribution in [-0.2, 0) is 6.18 Å². The van der Waals surface area contributed by atoms with Gasteiger partial charge in [0.15, 0.2) is 0 Å². The van der Waals surface area contributed by atoms with Gasteiger partial charge in [0.2, 0.25) is 0 Å². The quantitative estimate of drug-likeness (QED) is 0.841. The number of rotatable bonds is 1. The summed E-state index contributed by atoms with van der Waals surface area (Å²) in [5, 5.41) is 0. The molecule has 3 nitrogen and oxygen atoms in total. The highest BCUT2D eigenvalue weighted by Crippen LogP contribution is 2.31. The van der Waals surface area contributed by atoms with Crippen molar-refractivity contribution < 1.29 is 13.2 Å². The fourth-order valence-electron chi connectivity index (χ4n) is 2.16. The van der Waals surface area contributed by atoms with Crippen molar-refractivity contribution in [2.75, 3.05) is 18.0 Å². The highest BCUT2D eigenvalue weighted by Gasteiger charge is 2.31. The van der Waals surface area contributed by atoms with Gasteiger partial charge in [-0.15, -0.1) is 0 Å². The Labute approximate surface area is 104 Å². The Hall–Kier alpha value is -1.30. The van der Waals surface area contributed by atoms with E-state index in [1.54, 1.807) is 6.92 Å². The van der Waals surface area contributed by atoms with Crippen LogP contribution >= 0.6 is 0 Å². The molecule has 0 unspecified atom stereocenters. The number of alkyl halides is 3. The Balaban J connectivity index is 2.20. The molecule has 0 saturated carbocycles. The summed E-state index contributed by atoms with van der Waals surface area (Å²) in [7, 11) is 0. The minimum Gasteiger partial charge on any atom is -0.356 e. The molecule has 0 radical (unpaired) electrons. The van der Waals surface area contributed by atoms with Gasteiger partial charge >= 0.3 is 6.18 Å². The van der Waals surface area contributed by atoms with Crippen molar-refractivity contribution in [2.45, 2.75) is 32.0 Å². The summed E-state index contributed by atoms with van der Waals surface area (Å²) in [6, 6.07) is 1.34. The van der Waals surface area contributed by atoms with E-state index in [1.807, 2.05) is 4.90 Å². The standard InChI is InChI=1S/C12H16F3N3/c1-8-6-9(12(13,14)15)7-17-11(8)18-4-2-10(16)3-5-18/h6-7,10H,2-5,16H2,1H3. The number of halogens is 3. The Kier molecular flexibility index (Phi) is 3.47. The first kappa shape index (κ1) is 13.1. The van der Waals surface area contributed by atoms with E-state index in [0.29, 0.717) is 11.4 Å². The van der Waals surface area contributed by atoms with E-state index in [4.69, 9.17) is 5.73 Å². The molecule has 100 valence electrons. The van der Waals surface area contributed by atoms with Gasteiger partial charge in [0.25, 0.3) is 0 Å². The number of piperidine rings is 1. The van der Waals surface area contributed by atoms with Crippen LogP contribution in [0.4, 0.5) is 19.0 Å². The molecule has 0 amide bonds. The number of hydrogen-bond donors (Lipinski definition) is 1. The van der Waals surface area contributed by atoms with E-state index in [9.17, 15) is 13.2 Å². The van der Waals surface area contributed by atoms with Crippen LogP contribution in [0, 0.1) is 6.92 Å². The Morgan fingerprint density at radius 3 is 2.44 bits per heavy atom. The number of nitrogens with two attached hydrogens (primary N) is 1. The Morgan fingerprint density at radius 2 is 1.94 bits per heavy atom. The first-order valence-electron chi connectivity index (χ1n) is 5.92. The maximum atomic E-state index is 12.5. The minimum absolute atomic E-state index is 0.191. The fourth-order valence-corrected chi connectivity index (χ4v) is 2.16. The largest absolute Gasteiger partial charge is 0.417 e. The number of hydrogen-bond acceptors (Lipinski definition) is 3. The van der Waals surface area contributed by atoms with Gasteiger partial charge in [0.1, 0.15) is 5.82 Å². The molecule has 1 aromatic rings. The molecule has 1 aliphatic rings. The van der Waals surface area contributed by atoms with Gasteiger partial charge in [-0.1, -0.05) is 0 Å². The molecule has 2 rings (SSSR count). The first-order valence-corrected chi connectivity index (χ1v) is 5.92. The Bertz CT molecular complexity index is 423. The summed E-state index contributed by atoms with van der Waals surface area (Å²) < 4.78 is 37.6. The highest BCUT2D eigenvalue weighted by molar-refractivity contribution is 5.48. The zero-order valence-electron chi connectivity index (χ0n) is 10.2. The topological polar surface area (TPSA) is 42.2 Å². The first-order chi connectivity index (χ1) is 8.38. The molecule has 0 aliphatic carbocycles. The normalized spacial score (nSPS) is 18.2. The highest BCUT2D eigenvalue weighted by atomic mass is 19.4. The number of anilines is 1. The fraction of sp³-hybridized carbons (Fsp3) is 0.583. The van der Waals surface area contributed by atoms with Gasteiger partial charge in [0, 0.05) is 25.3 Å². The second-order valence-electron chi connectivity index (χ2n) is 4.69. The average molecular weight is 259 g/mol. The van der Waals surface area contributed by atoms with Crippen molar-refractivity contribution in [3.05, 3.63) is 23.4 Å². The lowest BCUT2D eigenvalue weighted by molar-refractivity contribution is -0.137. The lowest BCUT2D eigenvalue weighted by Gasteiger charge is -2.32. The summed E-state index contributed by atoms with van der Waals surface area (Å²) >= 11 is 0. The van der Waals surface area contributed by atoms with E-state index < -0.39 is 11.7 Å². The van der Waals surface area contributed by atoms with Crippen LogP contribution in [-0.4, -0.2) is 24.1 Å². The third-order valence-corrected chi connectivity index (χ3v) is 3.22. The molecular formula is C12H16F3N3. The van der Waals surface area contributed by atoms with Crippen molar-refractivity contribution in [3.8, 4) is 0 Å². The molecule has 0 bridgehead atoms.